The van der Waals surface area contributed by atoms with E-state index in [0.717, 1.165) is 16.4 Å². The van der Waals surface area contributed by atoms with Gasteiger partial charge in [-0.15, -0.1) is 22.7 Å². The average Bonchev–Trinajstić information content (AvgIpc) is 3.00. The number of aryl methyl sites for hydroxylation is 3. The normalized spacial score (nSPS) is 12.4. The van der Waals surface area contributed by atoms with Gasteiger partial charge in [-0.05, 0) is 27.2 Å². The highest BCUT2D eigenvalue weighted by atomic mass is 32.1. The molecule has 21 heavy (non-hydrogen) atoms. The molecule has 0 spiro atoms. The SMILES string of the molecule is Cc1nc([C@H](C)N(C)C(=O)CCc2csc(N)n2)c(C)s1. The number of hydrogen-bond acceptors (Lipinski definition) is 6. The summed E-state index contributed by atoms with van der Waals surface area (Å²) in [5.74, 6) is 0.0964. The van der Waals surface area contributed by atoms with Gasteiger partial charge in [0.2, 0.25) is 5.91 Å². The van der Waals surface area contributed by atoms with E-state index < -0.39 is 0 Å². The first-order valence-corrected chi connectivity index (χ1v) is 8.47. The Bertz CT molecular complexity index is 635. The van der Waals surface area contributed by atoms with Crippen molar-refractivity contribution < 1.29 is 4.79 Å². The maximum absolute atomic E-state index is 12.3. The Morgan fingerprint density at radius 1 is 1.43 bits per heavy atom. The van der Waals surface area contributed by atoms with Crippen LogP contribution in [0.25, 0.3) is 0 Å². The smallest absolute Gasteiger partial charge is 0.223 e. The zero-order chi connectivity index (χ0) is 15.6. The third-order valence-corrected chi connectivity index (χ3v) is 5.10. The number of nitrogens with two attached hydrogens (primary N) is 1. The molecule has 2 N–H and O–H groups in total. The topological polar surface area (TPSA) is 72.1 Å². The van der Waals surface area contributed by atoms with Crippen molar-refractivity contribution in [3.05, 3.63) is 26.7 Å². The van der Waals surface area contributed by atoms with E-state index in [1.54, 1.807) is 16.2 Å². The van der Waals surface area contributed by atoms with Crippen LogP contribution in [0.15, 0.2) is 5.38 Å². The molecule has 0 aliphatic rings. The number of thiazole rings is 2. The van der Waals surface area contributed by atoms with Crippen molar-refractivity contribution in [1.29, 1.82) is 0 Å². The molecule has 2 heterocycles. The molecule has 1 amide bonds. The van der Waals surface area contributed by atoms with Crippen molar-refractivity contribution in [1.82, 2.24) is 14.9 Å². The van der Waals surface area contributed by atoms with E-state index in [1.165, 1.54) is 16.2 Å². The number of carbonyl (C=O) groups excluding carboxylic acids is 1. The second-order valence-corrected chi connectivity index (χ2v) is 7.33. The standard InChI is InChI=1S/C14H20N4OS2/c1-8(13-9(2)21-10(3)16-13)18(4)12(19)6-5-11-7-20-14(15)17-11/h7-8H,5-6H2,1-4H3,(H2,15,17)/t8-/m0/s1. The lowest BCUT2D eigenvalue weighted by molar-refractivity contribution is -0.131. The van der Waals surface area contributed by atoms with Crippen LogP contribution in [0.4, 0.5) is 5.13 Å². The highest BCUT2D eigenvalue weighted by Crippen LogP contribution is 2.26. The summed E-state index contributed by atoms with van der Waals surface area (Å²) in [7, 11) is 1.83. The summed E-state index contributed by atoms with van der Waals surface area (Å²) in [6.07, 6.45) is 1.06. The molecular weight excluding hydrogens is 304 g/mol. The number of aromatic nitrogens is 2. The van der Waals surface area contributed by atoms with Crippen LogP contribution >= 0.6 is 22.7 Å². The minimum atomic E-state index is -0.0112. The van der Waals surface area contributed by atoms with Crippen molar-refractivity contribution in [3.8, 4) is 0 Å². The first-order chi connectivity index (χ1) is 9.88. The van der Waals surface area contributed by atoms with E-state index in [1.807, 2.05) is 33.2 Å². The number of nitrogens with zero attached hydrogens (tertiary/aromatic N) is 3. The first kappa shape index (κ1) is 15.9. The fourth-order valence-electron chi connectivity index (χ4n) is 2.18. The summed E-state index contributed by atoms with van der Waals surface area (Å²) < 4.78 is 0. The molecule has 2 aromatic heterocycles. The van der Waals surface area contributed by atoms with Crippen LogP contribution in [0.5, 0.6) is 0 Å². The molecule has 0 aliphatic carbocycles. The van der Waals surface area contributed by atoms with Gasteiger partial charge in [0.15, 0.2) is 5.13 Å². The van der Waals surface area contributed by atoms with Crippen molar-refractivity contribution in [2.45, 2.75) is 39.7 Å². The summed E-state index contributed by atoms with van der Waals surface area (Å²) in [6.45, 7) is 6.05. The van der Waals surface area contributed by atoms with Crippen LogP contribution in [-0.2, 0) is 11.2 Å². The van der Waals surface area contributed by atoms with Gasteiger partial charge in [-0.3, -0.25) is 4.79 Å². The Morgan fingerprint density at radius 2 is 2.14 bits per heavy atom. The molecule has 0 unspecified atom stereocenters. The lowest BCUT2D eigenvalue weighted by atomic mass is 10.1. The molecule has 2 rings (SSSR count). The van der Waals surface area contributed by atoms with Gasteiger partial charge in [0.05, 0.1) is 22.4 Å². The first-order valence-electron chi connectivity index (χ1n) is 6.78. The number of nitrogen functional groups attached to an aromatic ring is 1. The molecule has 0 fully saturated rings. The lowest BCUT2D eigenvalue weighted by Gasteiger charge is -2.24. The lowest BCUT2D eigenvalue weighted by Crippen LogP contribution is -2.30. The summed E-state index contributed by atoms with van der Waals surface area (Å²) in [6, 6.07) is -0.0112. The number of rotatable bonds is 5. The molecule has 0 aliphatic heterocycles. The number of anilines is 1. The van der Waals surface area contributed by atoms with Gasteiger partial charge < -0.3 is 10.6 Å². The molecular formula is C14H20N4OS2. The Balaban J connectivity index is 1.96. The Hall–Kier alpha value is -1.47. The quantitative estimate of drug-likeness (QED) is 0.918. The molecule has 114 valence electrons. The van der Waals surface area contributed by atoms with Gasteiger partial charge in [-0.1, -0.05) is 0 Å². The third kappa shape index (κ3) is 3.79. The second-order valence-electron chi connectivity index (χ2n) is 5.03. The van der Waals surface area contributed by atoms with Gasteiger partial charge in [0.1, 0.15) is 0 Å². The van der Waals surface area contributed by atoms with Gasteiger partial charge in [-0.25, -0.2) is 9.97 Å². The van der Waals surface area contributed by atoms with Gasteiger partial charge in [0, 0.05) is 23.7 Å². The molecule has 0 aromatic carbocycles. The van der Waals surface area contributed by atoms with E-state index in [-0.39, 0.29) is 11.9 Å². The molecule has 2 aromatic rings. The molecule has 0 saturated heterocycles. The predicted octanol–water partition coefficient (Wildman–Crippen LogP) is 2.95. The number of amides is 1. The van der Waals surface area contributed by atoms with Crippen molar-refractivity contribution >= 4 is 33.7 Å². The Labute approximate surface area is 132 Å². The summed E-state index contributed by atoms with van der Waals surface area (Å²) >= 11 is 3.07. The van der Waals surface area contributed by atoms with Crippen LogP contribution in [0.2, 0.25) is 0 Å². The van der Waals surface area contributed by atoms with Crippen molar-refractivity contribution in [2.24, 2.45) is 0 Å². The number of hydrogen-bond donors (Lipinski definition) is 1. The summed E-state index contributed by atoms with van der Waals surface area (Å²) in [5.41, 5.74) is 7.47. The Morgan fingerprint density at radius 3 is 2.67 bits per heavy atom. The zero-order valence-electron chi connectivity index (χ0n) is 12.7. The predicted molar refractivity (Wildman–Crippen MR) is 87.6 cm³/mol. The van der Waals surface area contributed by atoms with E-state index in [0.29, 0.717) is 18.0 Å². The van der Waals surface area contributed by atoms with E-state index in [4.69, 9.17) is 5.73 Å². The van der Waals surface area contributed by atoms with Crippen LogP contribution < -0.4 is 5.73 Å². The van der Waals surface area contributed by atoms with Crippen LogP contribution in [0, 0.1) is 13.8 Å². The van der Waals surface area contributed by atoms with Gasteiger partial charge in [-0.2, -0.15) is 0 Å². The fourth-order valence-corrected chi connectivity index (χ4v) is 3.69. The summed E-state index contributed by atoms with van der Waals surface area (Å²) in [5, 5.41) is 3.49. The van der Waals surface area contributed by atoms with Gasteiger partial charge >= 0.3 is 0 Å². The second kappa shape index (κ2) is 6.53. The van der Waals surface area contributed by atoms with Crippen molar-refractivity contribution in [3.63, 3.8) is 0 Å². The largest absolute Gasteiger partial charge is 0.375 e. The number of carbonyl (C=O) groups is 1. The Kier molecular flexibility index (Phi) is 4.95. The average molecular weight is 324 g/mol. The van der Waals surface area contributed by atoms with E-state index in [2.05, 4.69) is 9.97 Å². The molecule has 7 heteroatoms. The van der Waals surface area contributed by atoms with Crippen molar-refractivity contribution in [2.75, 3.05) is 12.8 Å². The maximum atomic E-state index is 12.3. The highest BCUT2D eigenvalue weighted by molar-refractivity contribution is 7.13. The summed E-state index contributed by atoms with van der Waals surface area (Å²) in [4.78, 5) is 23.9. The third-order valence-electron chi connectivity index (χ3n) is 3.47. The molecule has 0 saturated carbocycles. The fraction of sp³-hybridized carbons (Fsp3) is 0.500. The molecule has 0 bridgehead atoms. The molecule has 0 radical (unpaired) electrons. The monoisotopic (exact) mass is 324 g/mol. The van der Waals surface area contributed by atoms with E-state index >= 15 is 0 Å². The van der Waals surface area contributed by atoms with E-state index in [9.17, 15) is 4.79 Å². The maximum Gasteiger partial charge on any atom is 0.223 e. The zero-order valence-corrected chi connectivity index (χ0v) is 14.3. The minimum Gasteiger partial charge on any atom is -0.375 e. The molecule has 1 atom stereocenters. The van der Waals surface area contributed by atoms with Crippen LogP contribution in [0.1, 0.15) is 40.7 Å². The highest BCUT2D eigenvalue weighted by Gasteiger charge is 2.21. The van der Waals surface area contributed by atoms with Gasteiger partial charge in [0.25, 0.3) is 0 Å². The molecule has 5 nitrogen and oxygen atoms in total. The van der Waals surface area contributed by atoms with Crippen LogP contribution in [-0.4, -0.2) is 27.8 Å². The van der Waals surface area contributed by atoms with Crippen LogP contribution in [0.3, 0.4) is 0 Å². The minimum absolute atomic E-state index is 0.0112.